The molecule has 0 bridgehead atoms. The molecule has 2 amide bonds. The quantitative estimate of drug-likeness (QED) is 0.753. The van der Waals surface area contributed by atoms with Gasteiger partial charge in [-0.05, 0) is 12.5 Å². The van der Waals surface area contributed by atoms with Crippen molar-refractivity contribution in [2.45, 2.75) is 13.0 Å². The Hall–Kier alpha value is -2.50. The van der Waals surface area contributed by atoms with Gasteiger partial charge in [-0.15, -0.1) is 0 Å². The fourth-order valence-electron chi connectivity index (χ4n) is 2.26. The summed E-state index contributed by atoms with van der Waals surface area (Å²) in [6.45, 7) is 2.79. The number of nitrogens with one attached hydrogen (secondary N) is 2. The van der Waals surface area contributed by atoms with E-state index in [4.69, 9.17) is 0 Å². The zero-order valence-electron chi connectivity index (χ0n) is 12.2. The molecule has 6 nitrogen and oxygen atoms in total. The molecular weight excluding hydrogens is 268 g/mol. The van der Waals surface area contributed by atoms with Crippen LogP contribution >= 0.6 is 0 Å². The number of amides is 2. The SMILES string of the molecule is CC(NC(=O)CN1C=C(NC=O)N(C)C1)c1ccccc1. The molecule has 1 aromatic rings. The first kappa shape index (κ1) is 14.9. The van der Waals surface area contributed by atoms with E-state index >= 15 is 0 Å². The molecule has 1 atom stereocenters. The van der Waals surface area contributed by atoms with E-state index in [0.29, 0.717) is 18.9 Å². The Morgan fingerprint density at radius 2 is 2.10 bits per heavy atom. The number of rotatable bonds is 6. The highest BCUT2D eigenvalue weighted by atomic mass is 16.2. The molecule has 21 heavy (non-hydrogen) atoms. The van der Waals surface area contributed by atoms with Crippen molar-refractivity contribution in [3.63, 3.8) is 0 Å². The maximum Gasteiger partial charge on any atom is 0.240 e. The third kappa shape index (κ3) is 3.98. The summed E-state index contributed by atoms with van der Waals surface area (Å²) in [7, 11) is 1.85. The number of hydrogen-bond acceptors (Lipinski definition) is 4. The van der Waals surface area contributed by atoms with Crippen LogP contribution in [0.1, 0.15) is 18.5 Å². The van der Waals surface area contributed by atoms with Crippen LogP contribution in [0.4, 0.5) is 0 Å². The van der Waals surface area contributed by atoms with E-state index in [1.165, 1.54) is 0 Å². The molecule has 6 heteroatoms. The summed E-state index contributed by atoms with van der Waals surface area (Å²) in [5, 5.41) is 5.56. The first-order valence-electron chi connectivity index (χ1n) is 6.81. The van der Waals surface area contributed by atoms with E-state index in [1.807, 2.05) is 54.1 Å². The topological polar surface area (TPSA) is 64.7 Å². The van der Waals surface area contributed by atoms with Gasteiger partial charge in [0.15, 0.2) is 0 Å². The molecule has 1 aliphatic rings. The molecule has 0 aromatic heterocycles. The Balaban J connectivity index is 1.87. The lowest BCUT2D eigenvalue weighted by atomic mass is 10.1. The minimum atomic E-state index is -0.0524. The Bertz CT molecular complexity index is 530. The van der Waals surface area contributed by atoms with E-state index in [1.54, 1.807) is 6.20 Å². The van der Waals surface area contributed by atoms with E-state index < -0.39 is 0 Å². The first-order valence-corrected chi connectivity index (χ1v) is 6.81. The lowest BCUT2D eigenvalue weighted by molar-refractivity contribution is -0.122. The molecule has 0 saturated carbocycles. The fraction of sp³-hybridized carbons (Fsp3) is 0.333. The molecule has 2 N–H and O–H groups in total. The maximum absolute atomic E-state index is 12.1. The summed E-state index contributed by atoms with van der Waals surface area (Å²) in [5.74, 6) is 0.636. The first-order chi connectivity index (χ1) is 10.1. The molecule has 1 aliphatic heterocycles. The molecule has 0 spiro atoms. The van der Waals surface area contributed by atoms with Gasteiger partial charge in [0.05, 0.1) is 19.3 Å². The summed E-state index contributed by atoms with van der Waals surface area (Å²) in [6, 6.07) is 9.79. The van der Waals surface area contributed by atoms with Crippen molar-refractivity contribution < 1.29 is 9.59 Å². The minimum absolute atomic E-state index is 0.0319. The summed E-state index contributed by atoms with van der Waals surface area (Å²) in [6.07, 6.45) is 2.39. The predicted molar refractivity (Wildman–Crippen MR) is 79.6 cm³/mol. The van der Waals surface area contributed by atoms with Gasteiger partial charge in [0.1, 0.15) is 5.82 Å². The van der Waals surface area contributed by atoms with Gasteiger partial charge in [-0.2, -0.15) is 0 Å². The lowest BCUT2D eigenvalue weighted by Crippen LogP contribution is -2.37. The monoisotopic (exact) mass is 288 g/mol. The Labute approximate surface area is 124 Å². The van der Waals surface area contributed by atoms with Crippen molar-refractivity contribution in [1.29, 1.82) is 0 Å². The van der Waals surface area contributed by atoms with Gasteiger partial charge < -0.3 is 20.4 Å². The zero-order chi connectivity index (χ0) is 15.2. The smallest absolute Gasteiger partial charge is 0.240 e. The second-order valence-corrected chi connectivity index (χ2v) is 5.06. The number of carbonyl (C=O) groups is 2. The van der Waals surface area contributed by atoms with E-state index in [2.05, 4.69) is 10.6 Å². The van der Waals surface area contributed by atoms with Crippen LogP contribution in [-0.2, 0) is 9.59 Å². The molecule has 0 radical (unpaired) electrons. The molecular formula is C15H20N4O2. The second kappa shape index (κ2) is 6.78. The van der Waals surface area contributed by atoms with Crippen molar-refractivity contribution in [2.75, 3.05) is 20.3 Å². The van der Waals surface area contributed by atoms with Crippen molar-refractivity contribution >= 4 is 12.3 Å². The lowest BCUT2D eigenvalue weighted by Gasteiger charge is -2.20. The van der Waals surface area contributed by atoms with Gasteiger partial charge in [0, 0.05) is 13.2 Å². The largest absolute Gasteiger partial charge is 0.348 e. The average molecular weight is 288 g/mol. The van der Waals surface area contributed by atoms with Crippen molar-refractivity contribution in [1.82, 2.24) is 20.4 Å². The summed E-state index contributed by atoms with van der Waals surface area (Å²) in [5.41, 5.74) is 1.07. The van der Waals surface area contributed by atoms with Gasteiger partial charge in [-0.3, -0.25) is 9.59 Å². The highest BCUT2D eigenvalue weighted by Gasteiger charge is 2.19. The highest BCUT2D eigenvalue weighted by molar-refractivity contribution is 5.78. The van der Waals surface area contributed by atoms with Crippen LogP contribution in [0.15, 0.2) is 42.4 Å². The third-order valence-corrected chi connectivity index (χ3v) is 3.34. The van der Waals surface area contributed by atoms with Gasteiger partial charge in [-0.25, -0.2) is 0 Å². The average Bonchev–Trinajstić information content (AvgIpc) is 2.80. The zero-order valence-corrected chi connectivity index (χ0v) is 12.2. The molecule has 0 aliphatic carbocycles. The standard InChI is InChI=1S/C15H20N4O2/c1-12(13-6-4-3-5-7-13)17-15(21)9-19-8-14(16-10-20)18(2)11-19/h3-8,10,12H,9,11H2,1-2H3,(H,16,20)(H,17,21). The Kier molecular flexibility index (Phi) is 4.81. The van der Waals surface area contributed by atoms with Gasteiger partial charge in [-0.1, -0.05) is 30.3 Å². The maximum atomic E-state index is 12.1. The third-order valence-electron chi connectivity index (χ3n) is 3.34. The molecule has 2 rings (SSSR count). The van der Waals surface area contributed by atoms with Crippen LogP contribution in [0.2, 0.25) is 0 Å². The number of carbonyl (C=O) groups excluding carboxylic acids is 2. The van der Waals surface area contributed by atoms with Crippen molar-refractivity contribution in [2.24, 2.45) is 0 Å². The number of benzene rings is 1. The van der Waals surface area contributed by atoms with Crippen LogP contribution < -0.4 is 10.6 Å². The normalized spacial score (nSPS) is 15.4. The van der Waals surface area contributed by atoms with Gasteiger partial charge in [0.2, 0.25) is 12.3 Å². The van der Waals surface area contributed by atoms with Crippen LogP contribution in [-0.4, -0.2) is 42.4 Å². The highest BCUT2D eigenvalue weighted by Crippen LogP contribution is 2.12. The van der Waals surface area contributed by atoms with Crippen molar-refractivity contribution in [3.05, 3.63) is 47.9 Å². The van der Waals surface area contributed by atoms with Crippen molar-refractivity contribution in [3.8, 4) is 0 Å². The molecule has 0 saturated heterocycles. The number of hydrogen-bond donors (Lipinski definition) is 2. The summed E-state index contributed by atoms with van der Waals surface area (Å²) in [4.78, 5) is 26.2. The molecule has 1 aromatic carbocycles. The summed E-state index contributed by atoms with van der Waals surface area (Å²) < 4.78 is 0. The fourth-order valence-corrected chi connectivity index (χ4v) is 2.26. The molecule has 0 fully saturated rings. The predicted octanol–water partition coefficient (Wildman–Crippen LogP) is 0.614. The van der Waals surface area contributed by atoms with Crippen LogP contribution in [0.3, 0.4) is 0 Å². The van der Waals surface area contributed by atoms with Crippen LogP contribution in [0.5, 0.6) is 0 Å². The molecule has 1 heterocycles. The Morgan fingerprint density at radius 3 is 2.76 bits per heavy atom. The second-order valence-electron chi connectivity index (χ2n) is 5.06. The van der Waals surface area contributed by atoms with E-state index in [0.717, 1.165) is 5.56 Å². The molecule has 112 valence electrons. The number of nitrogens with zero attached hydrogens (tertiary/aromatic N) is 2. The summed E-state index contributed by atoms with van der Waals surface area (Å²) >= 11 is 0. The van der Waals surface area contributed by atoms with E-state index in [9.17, 15) is 9.59 Å². The van der Waals surface area contributed by atoms with Gasteiger partial charge >= 0.3 is 0 Å². The van der Waals surface area contributed by atoms with E-state index in [-0.39, 0.29) is 18.5 Å². The molecule has 1 unspecified atom stereocenters. The van der Waals surface area contributed by atoms with Crippen LogP contribution in [0.25, 0.3) is 0 Å². The van der Waals surface area contributed by atoms with Crippen LogP contribution in [0, 0.1) is 0 Å². The van der Waals surface area contributed by atoms with Gasteiger partial charge in [0.25, 0.3) is 0 Å². The Morgan fingerprint density at radius 1 is 1.38 bits per heavy atom. The minimum Gasteiger partial charge on any atom is -0.348 e.